The Hall–Kier alpha value is -4.74. The molecule has 0 aliphatic carbocycles. The maximum Gasteiger partial charge on any atom is 0.246 e. The van der Waals surface area contributed by atoms with Gasteiger partial charge in [-0.2, -0.15) is 0 Å². The number of phenols is 1. The van der Waals surface area contributed by atoms with Crippen LogP contribution in [0.3, 0.4) is 0 Å². The van der Waals surface area contributed by atoms with Crippen molar-refractivity contribution in [2.75, 3.05) is 37.3 Å². The van der Waals surface area contributed by atoms with Gasteiger partial charge in [0.05, 0.1) is 22.6 Å². The van der Waals surface area contributed by atoms with Crippen molar-refractivity contribution in [3.05, 3.63) is 88.1 Å². The fraction of sp³-hybridized carbons (Fsp3) is 0.303. The molecule has 5 rings (SSSR count). The van der Waals surface area contributed by atoms with E-state index in [2.05, 4.69) is 21.4 Å². The predicted octanol–water partition coefficient (Wildman–Crippen LogP) is 5.76. The number of carbonyl (C=O) groups is 1. The van der Waals surface area contributed by atoms with E-state index in [-0.39, 0.29) is 64.3 Å². The molecule has 1 saturated heterocycles. The van der Waals surface area contributed by atoms with Crippen LogP contribution in [0, 0.1) is 29.8 Å². The normalized spacial score (nSPS) is 15.2. The minimum Gasteiger partial charge on any atom is -0.507 e. The van der Waals surface area contributed by atoms with Crippen LogP contribution in [0.5, 0.6) is 5.75 Å². The Bertz CT molecular complexity index is 2140. The number of sulfone groups is 1. The van der Waals surface area contributed by atoms with E-state index >= 15 is 8.78 Å². The molecule has 3 aromatic heterocycles. The minimum absolute atomic E-state index is 0.000722. The lowest BCUT2D eigenvalue weighted by Gasteiger charge is -2.41. The Kier molecular flexibility index (Phi) is 9.16. The summed E-state index contributed by atoms with van der Waals surface area (Å²) in [6, 6.07) is 5.68. The third-order valence-electron chi connectivity index (χ3n) is 8.12. The number of fused-ring (bicyclic) bond motifs is 1. The summed E-state index contributed by atoms with van der Waals surface area (Å²) in [5.74, 6) is -3.02. The Labute approximate surface area is 276 Å². The van der Waals surface area contributed by atoms with Crippen LogP contribution in [0.2, 0.25) is 0 Å². The van der Waals surface area contributed by atoms with E-state index in [9.17, 15) is 18.3 Å². The maximum absolute atomic E-state index is 16.2. The lowest BCUT2D eigenvalue weighted by atomic mass is 10.0. The molecular formula is C33H32F2N6O4S2. The molecule has 47 heavy (non-hydrogen) atoms. The third kappa shape index (κ3) is 5.96. The highest BCUT2D eigenvalue weighted by Gasteiger charge is 2.36. The smallest absolute Gasteiger partial charge is 0.246 e. The van der Waals surface area contributed by atoms with E-state index in [1.165, 1.54) is 21.6 Å². The van der Waals surface area contributed by atoms with Crippen molar-refractivity contribution in [1.29, 1.82) is 0 Å². The zero-order valence-corrected chi connectivity index (χ0v) is 27.8. The van der Waals surface area contributed by atoms with E-state index in [0.29, 0.717) is 16.9 Å². The number of nitrogens with zero attached hydrogens (tertiary/aromatic N) is 6. The molecule has 0 radical (unpaired) electrons. The van der Waals surface area contributed by atoms with Gasteiger partial charge in [-0.1, -0.05) is 38.7 Å². The predicted molar refractivity (Wildman–Crippen MR) is 178 cm³/mol. The maximum atomic E-state index is 16.2. The van der Waals surface area contributed by atoms with Crippen LogP contribution >= 0.6 is 12.2 Å². The first kappa shape index (κ1) is 33.6. The highest BCUT2D eigenvalue weighted by molar-refractivity contribution is 7.91. The number of pyridine rings is 3. The Balaban J connectivity index is 1.97. The number of carbonyl (C=O) groups excluding carboxylic acids is 1. The lowest BCUT2D eigenvalue weighted by Crippen LogP contribution is -2.56. The van der Waals surface area contributed by atoms with E-state index in [0.717, 1.165) is 24.5 Å². The molecular weight excluding hydrogens is 647 g/mol. The van der Waals surface area contributed by atoms with Gasteiger partial charge in [0.1, 0.15) is 38.5 Å². The number of hydrogen-bond acceptors (Lipinski definition) is 8. The number of phenolic OH excluding ortho intramolecular Hbond substituents is 1. The summed E-state index contributed by atoms with van der Waals surface area (Å²) in [7, 11) is -4.13. The average Bonchev–Trinajstić information content (AvgIpc) is 3.00. The molecule has 1 aliphatic heterocycles. The monoisotopic (exact) mass is 678 g/mol. The van der Waals surface area contributed by atoms with Gasteiger partial charge in [-0.25, -0.2) is 28.8 Å². The van der Waals surface area contributed by atoms with Gasteiger partial charge in [0.15, 0.2) is 15.7 Å². The number of amides is 1. The van der Waals surface area contributed by atoms with E-state index in [1.54, 1.807) is 24.1 Å². The Morgan fingerprint density at radius 3 is 2.57 bits per heavy atom. The fourth-order valence-corrected chi connectivity index (χ4v) is 7.76. The van der Waals surface area contributed by atoms with Crippen molar-refractivity contribution >= 4 is 44.7 Å². The zero-order chi connectivity index (χ0) is 34.4. The van der Waals surface area contributed by atoms with Crippen LogP contribution in [-0.4, -0.2) is 77.3 Å². The molecule has 0 spiro atoms. The second kappa shape index (κ2) is 12.8. The SMILES string of the molecule is [C-]#[N+]C[C@H]1CN(c2c(S(C)(=O)=O)c(=S)n(-c3c(C)ccnc3C(C)C)c3nc(-c4c(O)cccc4F)c(F)cc23)CCN1C(=O)C=C. The van der Waals surface area contributed by atoms with E-state index in [1.807, 2.05) is 13.8 Å². The van der Waals surface area contributed by atoms with Crippen molar-refractivity contribution in [3.63, 3.8) is 0 Å². The van der Waals surface area contributed by atoms with E-state index in [4.69, 9.17) is 18.8 Å². The highest BCUT2D eigenvalue weighted by Crippen LogP contribution is 2.42. The van der Waals surface area contributed by atoms with Gasteiger partial charge in [-0.05, 0) is 48.7 Å². The second-order valence-corrected chi connectivity index (χ2v) is 13.9. The summed E-state index contributed by atoms with van der Waals surface area (Å²) >= 11 is 5.97. The number of anilines is 1. The molecule has 0 unspecified atom stereocenters. The summed E-state index contributed by atoms with van der Waals surface area (Å²) < 4.78 is 60.0. The summed E-state index contributed by atoms with van der Waals surface area (Å²) in [6.07, 6.45) is 3.77. The largest absolute Gasteiger partial charge is 0.507 e. The van der Waals surface area contributed by atoms with Gasteiger partial charge >= 0.3 is 0 Å². The van der Waals surface area contributed by atoms with Crippen LogP contribution < -0.4 is 4.90 Å². The quantitative estimate of drug-likeness (QED) is 0.149. The van der Waals surface area contributed by atoms with Crippen LogP contribution in [0.25, 0.3) is 32.8 Å². The number of piperazine rings is 1. The van der Waals surface area contributed by atoms with Crippen LogP contribution in [0.4, 0.5) is 14.5 Å². The number of hydrogen-bond donors (Lipinski definition) is 1. The van der Waals surface area contributed by atoms with Gasteiger partial charge in [-0.15, -0.1) is 0 Å². The molecule has 4 aromatic rings. The Morgan fingerprint density at radius 1 is 1.23 bits per heavy atom. The van der Waals surface area contributed by atoms with Gasteiger partial charge in [-0.3, -0.25) is 14.3 Å². The summed E-state index contributed by atoms with van der Waals surface area (Å²) in [4.78, 5) is 28.1. The molecule has 1 aromatic carbocycles. The first-order chi connectivity index (χ1) is 22.2. The number of aromatic hydroxyl groups is 1. The lowest BCUT2D eigenvalue weighted by molar-refractivity contribution is -0.128. The first-order valence-electron chi connectivity index (χ1n) is 14.6. The molecule has 1 aliphatic rings. The summed E-state index contributed by atoms with van der Waals surface area (Å²) in [6.45, 7) is 16.8. The van der Waals surface area contributed by atoms with Crippen molar-refractivity contribution < 1.29 is 27.1 Å². The van der Waals surface area contributed by atoms with Gasteiger partial charge in [0, 0.05) is 37.5 Å². The molecule has 0 saturated carbocycles. The topological polar surface area (TPSA) is 113 Å². The number of benzene rings is 1. The first-order valence-corrected chi connectivity index (χ1v) is 16.9. The Morgan fingerprint density at radius 2 is 1.96 bits per heavy atom. The number of rotatable bonds is 7. The molecule has 4 heterocycles. The van der Waals surface area contributed by atoms with Crippen molar-refractivity contribution in [2.45, 2.75) is 37.6 Å². The second-order valence-electron chi connectivity index (χ2n) is 11.6. The molecule has 1 N–H and O–H groups in total. The minimum atomic E-state index is -4.13. The highest BCUT2D eigenvalue weighted by atomic mass is 32.2. The van der Waals surface area contributed by atoms with E-state index < -0.39 is 44.5 Å². The van der Waals surface area contributed by atoms with Gasteiger partial charge < -0.3 is 19.8 Å². The van der Waals surface area contributed by atoms with Crippen LogP contribution in [-0.2, 0) is 14.6 Å². The average molecular weight is 679 g/mol. The number of halogens is 2. The molecule has 14 heteroatoms. The van der Waals surface area contributed by atoms with Crippen LogP contribution in [0.1, 0.15) is 31.0 Å². The van der Waals surface area contributed by atoms with Crippen molar-refractivity contribution in [2.24, 2.45) is 0 Å². The molecule has 10 nitrogen and oxygen atoms in total. The van der Waals surface area contributed by atoms with Gasteiger partial charge in [0.25, 0.3) is 0 Å². The molecule has 244 valence electrons. The zero-order valence-electron chi connectivity index (χ0n) is 26.2. The molecule has 1 amide bonds. The standard InChI is InChI=1S/C33H32F2N6O4S2/c1-7-25(43)40-14-13-39(17-20(40)16-36-5)30-21-15-23(35)28(26-22(34)9-8-10-24(26)42)38-32(21)41(33(46)31(30)47(6,44)45)29-19(4)11-12-37-27(29)18(2)3/h7-12,15,18,20,42H,1,13-14,16-17H2,2-4,6H3/t20-/m0/s1. The number of aromatic nitrogens is 3. The fourth-order valence-electron chi connectivity index (χ4n) is 6.04. The number of aryl methyl sites for hydroxylation is 1. The summed E-state index contributed by atoms with van der Waals surface area (Å²) in [5.41, 5.74) is 0.735. The van der Waals surface area contributed by atoms with Crippen molar-refractivity contribution in [1.82, 2.24) is 19.4 Å². The van der Waals surface area contributed by atoms with Crippen molar-refractivity contribution in [3.8, 4) is 22.7 Å². The van der Waals surface area contributed by atoms with Crippen LogP contribution in [0.15, 0.2) is 54.1 Å². The molecule has 0 bridgehead atoms. The van der Waals surface area contributed by atoms with Gasteiger partial charge in [0.2, 0.25) is 12.5 Å². The molecule has 1 fully saturated rings. The third-order valence-corrected chi connectivity index (χ3v) is 9.76. The summed E-state index contributed by atoms with van der Waals surface area (Å²) in [5, 5.41) is 10.6. The molecule has 1 atom stereocenters.